The number of fused-ring (bicyclic) bond motifs is 6. The maximum Gasteiger partial charge on any atom is 0.330 e. The van der Waals surface area contributed by atoms with Crippen LogP contribution in [0, 0.1) is 0 Å². The van der Waals surface area contributed by atoms with Gasteiger partial charge in [0.05, 0.1) is 11.0 Å². The average molecular weight is 521 g/mol. The third kappa shape index (κ3) is 5.83. The van der Waals surface area contributed by atoms with Gasteiger partial charge in [-0.15, -0.1) is 0 Å². The van der Waals surface area contributed by atoms with E-state index >= 15 is 0 Å². The fourth-order valence-corrected chi connectivity index (χ4v) is 5.31. The molecule has 5 aromatic rings. The van der Waals surface area contributed by atoms with Crippen molar-refractivity contribution >= 4 is 38.5 Å². The minimum absolute atomic E-state index is 0.181. The van der Waals surface area contributed by atoms with E-state index in [9.17, 15) is 4.79 Å². The average Bonchev–Trinajstić information content (AvgIpc) is 3.37. The zero-order valence-electron chi connectivity index (χ0n) is 22.7. The summed E-state index contributed by atoms with van der Waals surface area (Å²) < 4.78 is 13.2. The molecule has 0 saturated carbocycles. The highest BCUT2D eigenvalue weighted by Gasteiger charge is 2.18. The molecule has 39 heavy (non-hydrogen) atoms. The van der Waals surface area contributed by atoms with Crippen LogP contribution in [-0.2, 0) is 16.1 Å². The molecule has 0 aliphatic rings. The van der Waals surface area contributed by atoms with Crippen molar-refractivity contribution in [2.75, 3.05) is 13.2 Å². The number of aromatic nitrogens is 2. The third-order valence-corrected chi connectivity index (χ3v) is 7.23. The Morgan fingerprint density at radius 2 is 1.46 bits per heavy atom. The lowest BCUT2D eigenvalue weighted by Gasteiger charge is -2.13. The Labute approximate surface area is 230 Å². The number of benzene rings is 4. The van der Waals surface area contributed by atoms with Crippen LogP contribution in [0.2, 0.25) is 0 Å². The first-order valence-electron chi connectivity index (χ1n) is 14.0. The molecule has 5 rings (SSSR count). The van der Waals surface area contributed by atoms with Crippen LogP contribution in [0.4, 0.5) is 0 Å². The van der Waals surface area contributed by atoms with Gasteiger partial charge in [-0.05, 0) is 41.5 Å². The largest absolute Gasteiger partial charge is 0.490 e. The molecule has 0 aliphatic carbocycles. The Morgan fingerprint density at radius 1 is 0.821 bits per heavy atom. The molecule has 0 aliphatic heterocycles. The predicted molar refractivity (Wildman–Crippen MR) is 160 cm³/mol. The van der Waals surface area contributed by atoms with Crippen molar-refractivity contribution in [2.24, 2.45) is 0 Å². The molecular formula is C34H36N2O3. The number of hydrogen-bond acceptors (Lipinski definition) is 4. The van der Waals surface area contributed by atoms with E-state index in [0.29, 0.717) is 0 Å². The lowest BCUT2D eigenvalue weighted by atomic mass is 10.00. The zero-order valence-corrected chi connectivity index (χ0v) is 22.7. The molecule has 5 heteroatoms. The summed E-state index contributed by atoms with van der Waals surface area (Å²) in [6, 6.07) is 25.3. The molecule has 0 unspecified atom stereocenters. The summed E-state index contributed by atoms with van der Waals surface area (Å²) in [4.78, 5) is 16.5. The summed E-state index contributed by atoms with van der Waals surface area (Å²) in [6.45, 7) is 7.05. The number of hydrogen-bond donors (Lipinski definition) is 0. The van der Waals surface area contributed by atoms with Gasteiger partial charge in [-0.2, -0.15) is 0 Å². The molecule has 0 spiro atoms. The molecule has 0 atom stereocenters. The number of rotatable bonds is 13. The van der Waals surface area contributed by atoms with Gasteiger partial charge >= 0.3 is 5.97 Å². The second-order valence-electron chi connectivity index (χ2n) is 9.89. The molecule has 0 radical (unpaired) electrons. The zero-order chi connectivity index (χ0) is 27.0. The van der Waals surface area contributed by atoms with Crippen molar-refractivity contribution < 1.29 is 14.3 Å². The Balaban J connectivity index is 1.51. The summed E-state index contributed by atoms with van der Waals surface area (Å²) in [6.07, 6.45) is 8.62. The first-order valence-corrected chi connectivity index (χ1v) is 14.0. The van der Waals surface area contributed by atoms with Gasteiger partial charge in [0.15, 0.2) is 0 Å². The van der Waals surface area contributed by atoms with E-state index < -0.39 is 5.97 Å². The minimum Gasteiger partial charge on any atom is -0.490 e. The number of unbranched alkanes of at least 4 members (excludes halogenated alkanes) is 5. The smallest absolute Gasteiger partial charge is 0.330 e. The van der Waals surface area contributed by atoms with E-state index in [-0.39, 0.29) is 13.2 Å². The first kappa shape index (κ1) is 26.5. The third-order valence-electron chi connectivity index (χ3n) is 7.23. The first-order chi connectivity index (χ1) is 19.2. The molecule has 4 aromatic carbocycles. The maximum atomic E-state index is 11.2. The van der Waals surface area contributed by atoms with Gasteiger partial charge < -0.3 is 14.0 Å². The molecule has 1 aromatic heterocycles. The summed E-state index contributed by atoms with van der Waals surface area (Å²) in [5.74, 6) is 1.26. The fraction of sp³-hybridized carbons (Fsp3) is 0.294. The van der Waals surface area contributed by atoms with Crippen molar-refractivity contribution in [3.63, 3.8) is 0 Å². The van der Waals surface area contributed by atoms with E-state index in [4.69, 9.17) is 14.5 Å². The van der Waals surface area contributed by atoms with Crippen LogP contribution < -0.4 is 4.74 Å². The summed E-state index contributed by atoms with van der Waals surface area (Å²) in [7, 11) is 0. The molecule has 1 heterocycles. The number of carbonyl (C=O) groups excluding carboxylic acids is 1. The van der Waals surface area contributed by atoms with Crippen LogP contribution >= 0.6 is 0 Å². The molecule has 200 valence electrons. The predicted octanol–water partition coefficient (Wildman–Crippen LogP) is 8.48. The van der Waals surface area contributed by atoms with E-state index in [1.54, 1.807) is 0 Å². The van der Waals surface area contributed by atoms with Crippen LogP contribution in [0.25, 0.3) is 44.0 Å². The highest BCUT2D eigenvalue weighted by Crippen LogP contribution is 2.37. The number of aryl methyl sites for hydroxylation is 1. The van der Waals surface area contributed by atoms with Crippen molar-refractivity contribution in [3.05, 3.63) is 85.5 Å². The second kappa shape index (κ2) is 12.6. The van der Waals surface area contributed by atoms with E-state index in [1.165, 1.54) is 59.2 Å². The summed E-state index contributed by atoms with van der Waals surface area (Å²) in [5, 5.41) is 4.92. The molecule has 0 fully saturated rings. The number of carbonyl (C=O) groups is 1. The fourth-order valence-electron chi connectivity index (χ4n) is 5.31. The van der Waals surface area contributed by atoms with Gasteiger partial charge in [0.1, 0.15) is 24.8 Å². The SMILES string of the molecule is C=CC(=O)OCCOc1ccc(-c2nc3c4ccccc4c4ccccc4c3n2CCCCCCCC)cc1. The van der Waals surface area contributed by atoms with Crippen molar-refractivity contribution in [3.8, 4) is 17.1 Å². The second-order valence-corrected chi connectivity index (χ2v) is 9.89. The molecule has 5 nitrogen and oxygen atoms in total. The van der Waals surface area contributed by atoms with Gasteiger partial charge in [-0.3, -0.25) is 0 Å². The van der Waals surface area contributed by atoms with Crippen molar-refractivity contribution in [1.82, 2.24) is 9.55 Å². The highest BCUT2D eigenvalue weighted by molar-refractivity contribution is 6.23. The standard InChI is InChI=1S/C34H36N2O3/c1-3-5-6-7-8-13-22-36-33-30-17-12-10-15-28(30)27-14-9-11-16-29(27)32(33)35-34(36)25-18-20-26(21-19-25)38-23-24-39-31(37)4-2/h4,9-12,14-21H,2-3,5-8,13,22-24H2,1H3. The molecule has 0 amide bonds. The van der Waals surface area contributed by atoms with Gasteiger partial charge in [0, 0.05) is 29.0 Å². The van der Waals surface area contributed by atoms with Crippen molar-refractivity contribution in [2.45, 2.75) is 52.0 Å². The molecule has 0 N–H and O–H groups in total. The maximum absolute atomic E-state index is 11.2. The normalized spacial score (nSPS) is 11.3. The number of ether oxygens (including phenoxy) is 2. The summed E-state index contributed by atoms with van der Waals surface area (Å²) in [5.41, 5.74) is 3.31. The van der Waals surface area contributed by atoms with Gasteiger partial charge in [0.2, 0.25) is 0 Å². The van der Waals surface area contributed by atoms with Crippen LogP contribution in [0.5, 0.6) is 5.75 Å². The van der Waals surface area contributed by atoms with Crippen LogP contribution in [-0.4, -0.2) is 28.7 Å². The number of imidazole rings is 1. The summed E-state index contributed by atoms with van der Waals surface area (Å²) >= 11 is 0. The van der Waals surface area contributed by atoms with Crippen molar-refractivity contribution in [1.29, 1.82) is 0 Å². The molecular weight excluding hydrogens is 484 g/mol. The lowest BCUT2D eigenvalue weighted by molar-refractivity contribution is -0.138. The quantitative estimate of drug-likeness (QED) is 0.0676. The highest BCUT2D eigenvalue weighted by atomic mass is 16.6. The van der Waals surface area contributed by atoms with Crippen LogP contribution in [0.3, 0.4) is 0 Å². The Morgan fingerprint density at radius 3 is 2.18 bits per heavy atom. The lowest BCUT2D eigenvalue weighted by Crippen LogP contribution is -2.10. The van der Waals surface area contributed by atoms with E-state index in [2.05, 4.69) is 78.7 Å². The topological polar surface area (TPSA) is 53.4 Å². The van der Waals surface area contributed by atoms with Crippen LogP contribution in [0.15, 0.2) is 85.5 Å². The van der Waals surface area contributed by atoms with Gasteiger partial charge in [-0.1, -0.05) is 94.1 Å². The van der Waals surface area contributed by atoms with Gasteiger partial charge in [0.25, 0.3) is 0 Å². The Hall–Kier alpha value is -4.12. The monoisotopic (exact) mass is 520 g/mol. The Bertz CT molecular complexity index is 1580. The number of esters is 1. The van der Waals surface area contributed by atoms with E-state index in [1.807, 2.05) is 12.1 Å². The van der Waals surface area contributed by atoms with Crippen LogP contribution in [0.1, 0.15) is 45.4 Å². The van der Waals surface area contributed by atoms with Gasteiger partial charge in [-0.25, -0.2) is 9.78 Å². The Kier molecular flexibility index (Phi) is 8.57. The molecule has 0 bridgehead atoms. The van der Waals surface area contributed by atoms with E-state index in [0.717, 1.165) is 41.7 Å². The molecule has 0 saturated heterocycles. The minimum atomic E-state index is -0.446. The number of nitrogens with zero attached hydrogens (tertiary/aromatic N) is 2.